The molecule has 0 spiro atoms. The highest BCUT2D eigenvalue weighted by atomic mass is 16.5. The van der Waals surface area contributed by atoms with E-state index in [0.29, 0.717) is 39.3 Å². The van der Waals surface area contributed by atoms with Crippen molar-refractivity contribution in [2.45, 2.75) is 25.9 Å². The standard InChI is InChI=1S/C19H28N2O4/c1-2-24-14-17(22)13-20-6-8-21(9-7-20)19(23)12-15-3-4-18-16(11-15)5-10-25-18/h3-4,11,17,22H,2,5-10,12-14H2,1H3/t17-/m0/s1. The van der Waals surface area contributed by atoms with Crippen LogP contribution in [0.15, 0.2) is 18.2 Å². The zero-order valence-electron chi connectivity index (χ0n) is 14.9. The SMILES string of the molecule is CCOC[C@@H](O)CN1CCN(C(=O)Cc2ccc3c(c2)CCO3)CC1. The van der Waals surface area contributed by atoms with Crippen molar-refractivity contribution in [3.8, 4) is 5.75 Å². The van der Waals surface area contributed by atoms with Crippen molar-refractivity contribution >= 4 is 5.91 Å². The van der Waals surface area contributed by atoms with Crippen LogP contribution in [-0.4, -0.2) is 79.5 Å². The van der Waals surface area contributed by atoms with Gasteiger partial charge in [-0.1, -0.05) is 12.1 Å². The van der Waals surface area contributed by atoms with E-state index in [1.54, 1.807) is 0 Å². The van der Waals surface area contributed by atoms with Gasteiger partial charge in [-0.3, -0.25) is 9.69 Å². The number of benzene rings is 1. The number of rotatable bonds is 7. The van der Waals surface area contributed by atoms with E-state index in [1.165, 1.54) is 5.56 Å². The van der Waals surface area contributed by atoms with E-state index in [-0.39, 0.29) is 5.91 Å². The minimum absolute atomic E-state index is 0.174. The van der Waals surface area contributed by atoms with Gasteiger partial charge >= 0.3 is 0 Å². The van der Waals surface area contributed by atoms with Crippen molar-refractivity contribution in [1.82, 2.24) is 9.80 Å². The van der Waals surface area contributed by atoms with Gasteiger partial charge in [0.2, 0.25) is 5.91 Å². The van der Waals surface area contributed by atoms with E-state index in [4.69, 9.17) is 9.47 Å². The van der Waals surface area contributed by atoms with Gasteiger partial charge in [0.15, 0.2) is 0 Å². The minimum Gasteiger partial charge on any atom is -0.493 e. The Balaban J connectivity index is 1.44. The molecule has 1 amide bonds. The molecule has 1 aromatic rings. The number of hydrogen-bond donors (Lipinski definition) is 1. The zero-order valence-corrected chi connectivity index (χ0v) is 14.9. The van der Waals surface area contributed by atoms with Crippen molar-refractivity contribution in [2.24, 2.45) is 0 Å². The molecule has 0 unspecified atom stereocenters. The van der Waals surface area contributed by atoms with Gasteiger partial charge < -0.3 is 19.5 Å². The predicted molar refractivity (Wildman–Crippen MR) is 94.9 cm³/mol. The highest BCUT2D eigenvalue weighted by Gasteiger charge is 2.23. The molecule has 138 valence electrons. The Kier molecular flexibility index (Phi) is 6.29. The number of aliphatic hydroxyl groups is 1. The highest BCUT2D eigenvalue weighted by Crippen LogP contribution is 2.26. The van der Waals surface area contributed by atoms with Crippen molar-refractivity contribution in [3.63, 3.8) is 0 Å². The first-order valence-corrected chi connectivity index (χ1v) is 9.16. The highest BCUT2D eigenvalue weighted by molar-refractivity contribution is 5.79. The molecule has 1 fully saturated rings. The largest absolute Gasteiger partial charge is 0.493 e. The lowest BCUT2D eigenvalue weighted by molar-refractivity contribution is -0.132. The molecule has 3 rings (SSSR count). The summed E-state index contributed by atoms with van der Waals surface area (Å²) in [6.07, 6.45) is 0.913. The van der Waals surface area contributed by atoms with Gasteiger partial charge in [0.1, 0.15) is 5.75 Å². The third-order valence-corrected chi connectivity index (χ3v) is 4.82. The van der Waals surface area contributed by atoms with E-state index in [1.807, 2.05) is 24.0 Å². The first-order valence-electron chi connectivity index (χ1n) is 9.16. The quantitative estimate of drug-likeness (QED) is 0.786. The number of ether oxygens (including phenoxy) is 2. The van der Waals surface area contributed by atoms with Gasteiger partial charge in [0.05, 0.1) is 25.7 Å². The maximum atomic E-state index is 12.5. The molecule has 1 aromatic carbocycles. The summed E-state index contributed by atoms with van der Waals surface area (Å²) in [5.41, 5.74) is 2.27. The molecular weight excluding hydrogens is 320 g/mol. The molecule has 1 N–H and O–H groups in total. The van der Waals surface area contributed by atoms with Crippen LogP contribution < -0.4 is 4.74 Å². The van der Waals surface area contributed by atoms with E-state index in [2.05, 4.69) is 11.0 Å². The topological polar surface area (TPSA) is 62.2 Å². The summed E-state index contributed by atoms with van der Waals surface area (Å²) in [6.45, 7) is 7.29. The fraction of sp³-hybridized carbons (Fsp3) is 0.632. The van der Waals surface area contributed by atoms with Crippen LogP contribution in [0.2, 0.25) is 0 Å². The Bertz CT molecular complexity index is 585. The molecule has 6 nitrogen and oxygen atoms in total. The summed E-state index contributed by atoms with van der Waals surface area (Å²) in [5, 5.41) is 9.92. The summed E-state index contributed by atoms with van der Waals surface area (Å²) in [6, 6.07) is 6.06. The maximum absolute atomic E-state index is 12.5. The molecule has 0 aliphatic carbocycles. The minimum atomic E-state index is -0.462. The van der Waals surface area contributed by atoms with Crippen molar-refractivity contribution in [3.05, 3.63) is 29.3 Å². The van der Waals surface area contributed by atoms with Crippen LogP contribution >= 0.6 is 0 Å². The van der Waals surface area contributed by atoms with Gasteiger partial charge in [-0.05, 0) is 24.1 Å². The number of β-amino-alcohol motifs (C(OH)–C–C–N with tert-alkyl or cyclic N) is 1. The molecule has 0 radical (unpaired) electrons. The molecule has 2 heterocycles. The molecule has 0 saturated carbocycles. The first-order chi connectivity index (χ1) is 12.2. The van der Waals surface area contributed by atoms with Crippen LogP contribution in [0, 0.1) is 0 Å². The number of aliphatic hydroxyl groups excluding tert-OH is 1. The molecule has 25 heavy (non-hydrogen) atoms. The number of carbonyl (C=O) groups excluding carboxylic acids is 1. The van der Waals surface area contributed by atoms with Gasteiger partial charge in [0.25, 0.3) is 0 Å². The van der Waals surface area contributed by atoms with Gasteiger partial charge in [-0.15, -0.1) is 0 Å². The second-order valence-electron chi connectivity index (χ2n) is 6.71. The van der Waals surface area contributed by atoms with Crippen molar-refractivity contribution in [1.29, 1.82) is 0 Å². The lowest BCUT2D eigenvalue weighted by Gasteiger charge is -2.35. The average Bonchev–Trinajstić information content (AvgIpc) is 3.08. The van der Waals surface area contributed by atoms with Gasteiger partial charge in [0, 0.05) is 45.8 Å². The fourth-order valence-electron chi connectivity index (χ4n) is 3.42. The predicted octanol–water partition coefficient (Wildman–Crippen LogP) is 0.706. The van der Waals surface area contributed by atoms with Crippen LogP contribution in [-0.2, 0) is 22.4 Å². The number of carbonyl (C=O) groups is 1. The van der Waals surface area contributed by atoms with Crippen LogP contribution in [0.3, 0.4) is 0 Å². The lowest BCUT2D eigenvalue weighted by Crippen LogP contribution is -2.51. The summed E-state index contributed by atoms with van der Waals surface area (Å²) >= 11 is 0. The number of fused-ring (bicyclic) bond motifs is 1. The molecular formula is C19H28N2O4. The van der Waals surface area contributed by atoms with Crippen molar-refractivity contribution < 1.29 is 19.4 Å². The van der Waals surface area contributed by atoms with Crippen LogP contribution in [0.25, 0.3) is 0 Å². The Morgan fingerprint density at radius 1 is 1.32 bits per heavy atom. The molecule has 2 aliphatic rings. The summed E-state index contributed by atoms with van der Waals surface area (Å²) in [4.78, 5) is 16.7. The van der Waals surface area contributed by atoms with Crippen LogP contribution in [0.4, 0.5) is 0 Å². The van der Waals surface area contributed by atoms with Crippen LogP contribution in [0.5, 0.6) is 5.75 Å². The van der Waals surface area contributed by atoms with Crippen molar-refractivity contribution in [2.75, 3.05) is 52.5 Å². The zero-order chi connectivity index (χ0) is 17.6. The normalized spacial score (nSPS) is 18.7. The van der Waals surface area contributed by atoms with Crippen LogP contribution in [0.1, 0.15) is 18.1 Å². The molecule has 0 aromatic heterocycles. The van der Waals surface area contributed by atoms with E-state index in [9.17, 15) is 9.90 Å². The summed E-state index contributed by atoms with van der Waals surface area (Å²) < 4.78 is 10.8. The monoisotopic (exact) mass is 348 g/mol. The molecule has 1 atom stereocenters. The Hall–Kier alpha value is -1.63. The average molecular weight is 348 g/mol. The summed E-state index contributed by atoms with van der Waals surface area (Å²) in [5.74, 6) is 1.13. The third kappa shape index (κ3) is 4.93. The number of piperazine rings is 1. The fourth-order valence-corrected chi connectivity index (χ4v) is 3.42. The molecule has 2 aliphatic heterocycles. The number of hydrogen-bond acceptors (Lipinski definition) is 5. The molecule has 0 bridgehead atoms. The summed E-state index contributed by atoms with van der Waals surface area (Å²) in [7, 11) is 0. The molecule has 1 saturated heterocycles. The van der Waals surface area contributed by atoms with Gasteiger partial charge in [-0.25, -0.2) is 0 Å². The lowest BCUT2D eigenvalue weighted by atomic mass is 10.1. The second-order valence-corrected chi connectivity index (χ2v) is 6.71. The maximum Gasteiger partial charge on any atom is 0.227 e. The number of nitrogens with zero attached hydrogens (tertiary/aromatic N) is 2. The number of amides is 1. The van der Waals surface area contributed by atoms with E-state index < -0.39 is 6.10 Å². The first kappa shape index (κ1) is 18.2. The second kappa shape index (κ2) is 8.65. The third-order valence-electron chi connectivity index (χ3n) is 4.82. The van der Waals surface area contributed by atoms with E-state index in [0.717, 1.165) is 37.4 Å². The Labute approximate surface area is 149 Å². The smallest absolute Gasteiger partial charge is 0.227 e. The molecule has 6 heteroatoms. The van der Waals surface area contributed by atoms with Gasteiger partial charge in [-0.2, -0.15) is 0 Å². The Morgan fingerprint density at radius 2 is 2.12 bits per heavy atom. The Morgan fingerprint density at radius 3 is 2.88 bits per heavy atom. The van der Waals surface area contributed by atoms with E-state index >= 15 is 0 Å².